The van der Waals surface area contributed by atoms with Gasteiger partial charge in [0.05, 0.1) is 12.7 Å². The number of benzene rings is 1. The van der Waals surface area contributed by atoms with Crippen LogP contribution in [0.5, 0.6) is 0 Å². The number of amides is 1. The first kappa shape index (κ1) is 18.6. The van der Waals surface area contributed by atoms with Gasteiger partial charge in [0.25, 0.3) is 5.91 Å². The van der Waals surface area contributed by atoms with Crippen LogP contribution in [-0.2, 0) is 11.2 Å². The van der Waals surface area contributed by atoms with Crippen LogP contribution in [0.2, 0.25) is 0 Å². The van der Waals surface area contributed by atoms with Gasteiger partial charge in [-0.25, -0.2) is 9.50 Å². The minimum absolute atomic E-state index is 0.0427. The van der Waals surface area contributed by atoms with Crippen LogP contribution in [0.1, 0.15) is 40.3 Å². The summed E-state index contributed by atoms with van der Waals surface area (Å²) in [5.74, 6) is -0.0427. The van der Waals surface area contributed by atoms with Crippen molar-refractivity contribution < 1.29 is 9.53 Å². The number of fused-ring (bicyclic) bond motifs is 1. The fourth-order valence-corrected chi connectivity index (χ4v) is 3.81. The van der Waals surface area contributed by atoms with Crippen LogP contribution in [0.25, 0.3) is 5.65 Å². The van der Waals surface area contributed by atoms with Crippen LogP contribution in [0.4, 0.5) is 0 Å². The van der Waals surface area contributed by atoms with Gasteiger partial charge in [0.2, 0.25) is 0 Å². The van der Waals surface area contributed by atoms with E-state index < -0.39 is 0 Å². The number of aromatic nitrogens is 3. The minimum atomic E-state index is -0.0427. The Balaban J connectivity index is 1.38. The molecule has 0 spiro atoms. The summed E-state index contributed by atoms with van der Waals surface area (Å²) >= 11 is 0. The third kappa shape index (κ3) is 4.07. The molecule has 1 amide bonds. The number of morpholine rings is 1. The third-order valence-electron chi connectivity index (χ3n) is 5.21. The van der Waals surface area contributed by atoms with E-state index in [-0.39, 0.29) is 12.0 Å². The van der Waals surface area contributed by atoms with Gasteiger partial charge in [-0.15, -0.1) is 0 Å². The molecule has 146 valence electrons. The first-order valence-electron chi connectivity index (χ1n) is 9.89. The lowest BCUT2D eigenvalue weighted by Crippen LogP contribution is -2.45. The quantitative estimate of drug-likeness (QED) is 0.684. The number of aryl methyl sites for hydroxylation is 3. The van der Waals surface area contributed by atoms with Gasteiger partial charge in [-0.2, -0.15) is 5.10 Å². The molecule has 3 heterocycles. The summed E-state index contributed by atoms with van der Waals surface area (Å²) in [6.07, 6.45) is 3.11. The van der Waals surface area contributed by atoms with E-state index in [1.54, 1.807) is 10.6 Å². The van der Waals surface area contributed by atoms with Crippen molar-refractivity contribution in [2.45, 2.75) is 39.2 Å². The Morgan fingerprint density at radius 1 is 1.21 bits per heavy atom. The van der Waals surface area contributed by atoms with Gasteiger partial charge < -0.3 is 9.64 Å². The van der Waals surface area contributed by atoms with Crippen LogP contribution in [0.15, 0.2) is 42.5 Å². The monoisotopic (exact) mass is 378 g/mol. The highest BCUT2D eigenvalue weighted by Crippen LogP contribution is 2.16. The summed E-state index contributed by atoms with van der Waals surface area (Å²) in [5.41, 5.74) is 4.41. The summed E-state index contributed by atoms with van der Waals surface area (Å²) < 4.78 is 7.63. The lowest BCUT2D eigenvalue weighted by molar-refractivity contribution is -0.0256. The molecular weight excluding hydrogens is 352 g/mol. The number of carbonyl (C=O) groups excluding carboxylic acids is 1. The second kappa shape index (κ2) is 8.10. The number of hydrogen-bond acceptors (Lipinski definition) is 4. The van der Waals surface area contributed by atoms with E-state index in [1.165, 1.54) is 5.56 Å². The summed E-state index contributed by atoms with van der Waals surface area (Å²) in [5, 5.41) is 4.48. The van der Waals surface area contributed by atoms with Gasteiger partial charge in [-0.1, -0.05) is 30.3 Å². The minimum Gasteiger partial charge on any atom is -0.375 e. The number of hydrogen-bond donors (Lipinski definition) is 0. The van der Waals surface area contributed by atoms with Crippen molar-refractivity contribution in [1.82, 2.24) is 19.5 Å². The molecule has 1 unspecified atom stereocenters. The predicted molar refractivity (Wildman–Crippen MR) is 107 cm³/mol. The van der Waals surface area contributed by atoms with Crippen molar-refractivity contribution in [2.24, 2.45) is 0 Å². The fourth-order valence-electron chi connectivity index (χ4n) is 3.81. The molecule has 1 fully saturated rings. The highest BCUT2D eigenvalue weighted by atomic mass is 16.5. The molecule has 0 bridgehead atoms. The lowest BCUT2D eigenvalue weighted by atomic mass is 10.0. The molecule has 4 rings (SSSR count). The van der Waals surface area contributed by atoms with Crippen molar-refractivity contribution in [1.29, 1.82) is 0 Å². The maximum absolute atomic E-state index is 13.0. The fraction of sp³-hybridized carbons (Fsp3) is 0.409. The van der Waals surface area contributed by atoms with Crippen molar-refractivity contribution in [3.8, 4) is 0 Å². The first-order valence-corrected chi connectivity index (χ1v) is 9.89. The molecule has 0 N–H and O–H groups in total. The van der Waals surface area contributed by atoms with E-state index >= 15 is 0 Å². The molecule has 6 heteroatoms. The van der Waals surface area contributed by atoms with Crippen molar-refractivity contribution in [3.05, 3.63) is 65.1 Å². The number of nitrogens with zero attached hydrogens (tertiary/aromatic N) is 4. The second-order valence-electron chi connectivity index (χ2n) is 7.46. The predicted octanol–water partition coefficient (Wildman–Crippen LogP) is 3.21. The van der Waals surface area contributed by atoms with Gasteiger partial charge in [-0.3, -0.25) is 4.79 Å². The summed E-state index contributed by atoms with van der Waals surface area (Å²) in [4.78, 5) is 19.3. The van der Waals surface area contributed by atoms with Crippen LogP contribution in [0.3, 0.4) is 0 Å². The van der Waals surface area contributed by atoms with Crippen molar-refractivity contribution in [2.75, 3.05) is 19.7 Å². The average molecular weight is 378 g/mol. The molecular formula is C22H26N4O2. The summed E-state index contributed by atoms with van der Waals surface area (Å²) in [6.45, 7) is 5.72. The average Bonchev–Trinajstić information content (AvgIpc) is 3.13. The zero-order valence-electron chi connectivity index (χ0n) is 16.5. The number of ether oxygens (including phenoxy) is 1. The molecule has 1 aliphatic rings. The molecule has 1 atom stereocenters. The van der Waals surface area contributed by atoms with E-state index in [2.05, 4.69) is 34.3 Å². The molecule has 0 saturated carbocycles. The van der Waals surface area contributed by atoms with Gasteiger partial charge in [-0.05, 0) is 44.7 Å². The van der Waals surface area contributed by atoms with E-state index in [9.17, 15) is 4.79 Å². The lowest BCUT2D eigenvalue weighted by Gasteiger charge is -2.32. The van der Waals surface area contributed by atoms with Gasteiger partial charge in [0.15, 0.2) is 11.3 Å². The summed E-state index contributed by atoms with van der Waals surface area (Å²) in [6, 6.07) is 14.2. The Kier molecular flexibility index (Phi) is 5.39. The van der Waals surface area contributed by atoms with E-state index in [4.69, 9.17) is 4.74 Å². The maximum Gasteiger partial charge on any atom is 0.274 e. The van der Waals surface area contributed by atoms with Crippen molar-refractivity contribution >= 4 is 11.6 Å². The third-order valence-corrected chi connectivity index (χ3v) is 5.21. The van der Waals surface area contributed by atoms with Crippen LogP contribution in [-0.4, -0.2) is 51.2 Å². The van der Waals surface area contributed by atoms with Crippen molar-refractivity contribution in [3.63, 3.8) is 0 Å². The Morgan fingerprint density at radius 2 is 2.04 bits per heavy atom. The van der Waals surface area contributed by atoms with Gasteiger partial charge in [0, 0.05) is 30.5 Å². The Hall–Kier alpha value is -2.73. The zero-order valence-corrected chi connectivity index (χ0v) is 16.5. The normalized spacial score (nSPS) is 17.2. The molecule has 6 nitrogen and oxygen atoms in total. The highest BCUT2D eigenvalue weighted by Gasteiger charge is 2.26. The molecule has 3 aromatic rings. The molecule has 28 heavy (non-hydrogen) atoms. The topological polar surface area (TPSA) is 59.7 Å². The standard InChI is InChI=1S/C22H26N4O2/c1-16-13-17(2)26-21(23-16)14-20(24-26)22(27)25-11-12-28-19(15-25)10-6-9-18-7-4-3-5-8-18/h3-5,7-8,13-14,19H,6,9-12,15H2,1-2H3. The SMILES string of the molecule is Cc1cc(C)n2nc(C(=O)N3CCOC(CCCc4ccccc4)C3)cc2n1. The maximum atomic E-state index is 13.0. The molecule has 1 aliphatic heterocycles. The van der Waals surface area contributed by atoms with Crippen LogP contribution in [0, 0.1) is 13.8 Å². The summed E-state index contributed by atoms with van der Waals surface area (Å²) in [7, 11) is 0. The highest BCUT2D eigenvalue weighted by molar-refractivity contribution is 5.93. The molecule has 0 aliphatic carbocycles. The Labute approximate surface area is 165 Å². The molecule has 0 radical (unpaired) electrons. The van der Waals surface area contributed by atoms with Gasteiger partial charge in [0.1, 0.15) is 0 Å². The van der Waals surface area contributed by atoms with E-state index in [0.717, 1.165) is 30.7 Å². The smallest absolute Gasteiger partial charge is 0.274 e. The second-order valence-corrected chi connectivity index (χ2v) is 7.46. The number of carbonyl (C=O) groups is 1. The molecule has 1 aromatic carbocycles. The Bertz CT molecular complexity index is 967. The van der Waals surface area contributed by atoms with E-state index in [1.807, 2.05) is 30.9 Å². The first-order chi connectivity index (χ1) is 13.6. The number of rotatable bonds is 5. The van der Waals surface area contributed by atoms with Gasteiger partial charge >= 0.3 is 0 Å². The largest absolute Gasteiger partial charge is 0.375 e. The van der Waals surface area contributed by atoms with Crippen LogP contribution < -0.4 is 0 Å². The molecule has 2 aromatic heterocycles. The Morgan fingerprint density at radius 3 is 2.86 bits per heavy atom. The van der Waals surface area contributed by atoms with E-state index in [0.29, 0.717) is 31.0 Å². The zero-order chi connectivity index (χ0) is 19.5. The molecule has 1 saturated heterocycles. The van der Waals surface area contributed by atoms with Crippen LogP contribution >= 0.6 is 0 Å².